The van der Waals surface area contributed by atoms with Crippen LogP contribution >= 0.6 is 11.6 Å². The fourth-order valence-electron chi connectivity index (χ4n) is 2.70. The molecule has 2 rings (SSSR count). The largest absolute Gasteiger partial charge is 0.311 e. The third kappa shape index (κ3) is 3.95. The lowest BCUT2D eigenvalue weighted by molar-refractivity contribution is 0.112. The molecule has 1 aromatic rings. The summed E-state index contributed by atoms with van der Waals surface area (Å²) in [6.45, 7) is 10.1. The smallest absolute Gasteiger partial charge is 0.0409 e. The second kappa shape index (κ2) is 6.74. The van der Waals surface area contributed by atoms with Crippen LogP contribution in [-0.2, 0) is 6.54 Å². The molecule has 1 heterocycles. The van der Waals surface area contributed by atoms with Crippen molar-refractivity contribution in [2.75, 3.05) is 13.1 Å². The molecular formula is C16H25ClN2. The van der Waals surface area contributed by atoms with E-state index in [1.165, 1.54) is 12.0 Å². The van der Waals surface area contributed by atoms with Crippen molar-refractivity contribution in [3.05, 3.63) is 34.9 Å². The van der Waals surface area contributed by atoms with Crippen molar-refractivity contribution in [1.29, 1.82) is 0 Å². The van der Waals surface area contributed by atoms with E-state index in [-0.39, 0.29) is 0 Å². The predicted molar refractivity (Wildman–Crippen MR) is 82.6 cm³/mol. The number of nitrogens with one attached hydrogen (secondary N) is 1. The molecule has 1 saturated heterocycles. The van der Waals surface area contributed by atoms with Crippen LogP contribution in [0.5, 0.6) is 0 Å². The molecule has 0 aliphatic carbocycles. The molecular weight excluding hydrogens is 256 g/mol. The number of hydrogen-bond donors (Lipinski definition) is 1. The van der Waals surface area contributed by atoms with Crippen LogP contribution in [0.25, 0.3) is 0 Å². The van der Waals surface area contributed by atoms with E-state index in [1.807, 2.05) is 12.1 Å². The van der Waals surface area contributed by atoms with Crippen molar-refractivity contribution >= 4 is 11.6 Å². The van der Waals surface area contributed by atoms with Gasteiger partial charge in [0, 0.05) is 36.7 Å². The van der Waals surface area contributed by atoms with Gasteiger partial charge in [-0.3, -0.25) is 4.90 Å². The molecule has 0 amide bonds. The van der Waals surface area contributed by atoms with Crippen LogP contribution in [0.2, 0.25) is 5.02 Å². The van der Waals surface area contributed by atoms with Gasteiger partial charge in [0.15, 0.2) is 0 Å². The molecule has 0 bridgehead atoms. The van der Waals surface area contributed by atoms with Gasteiger partial charge in [0.1, 0.15) is 0 Å². The van der Waals surface area contributed by atoms with Crippen LogP contribution in [0.15, 0.2) is 24.3 Å². The predicted octanol–water partition coefficient (Wildman–Crippen LogP) is 3.55. The van der Waals surface area contributed by atoms with Crippen LogP contribution in [0.4, 0.5) is 0 Å². The van der Waals surface area contributed by atoms with Gasteiger partial charge in [-0.25, -0.2) is 0 Å². The fraction of sp³-hybridized carbons (Fsp3) is 0.625. The molecule has 19 heavy (non-hydrogen) atoms. The Kier molecular flexibility index (Phi) is 5.26. The summed E-state index contributed by atoms with van der Waals surface area (Å²) in [5.41, 5.74) is 1.31. The Morgan fingerprint density at radius 3 is 2.95 bits per heavy atom. The van der Waals surface area contributed by atoms with Gasteiger partial charge in [0.25, 0.3) is 0 Å². The van der Waals surface area contributed by atoms with Crippen LogP contribution in [0.1, 0.15) is 32.8 Å². The monoisotopic (exact) mass is 280 g/mol. The highest BCUT2D eigenvalue weighted by molar-refractivity contribution is 6.30. The van der Waals surface area contributed by atoms with E-state index in [1.54, 1.807) is 0 Å². The minimum atomic E-state index is 0.583. The second-order valence-electron chi connectivity index (χ2n) is 5.81. The number of nitrogens with zero attached hydrogens (tertiary/aromatic N) is 1. The highest BCUT2D eigenvalue weighted by atomic mass is 35.5. The third-order valence-corrected chi connectivity index (χ3v) is 4.57. The van der Waals surface area contributed by atoms with Gasteiger partial charge in [-0.05, 0) is 30.5 Å². The number of piperazine rings is 1. The molecule has 1 aliphatic rings. The van der Waals surface area contributed by atoms with Crippen molar-refractivity contribution in [2.24, 2.45) is 5.92 Å². The van der Waals surface area contributed by atoms with Crippen LogP contribution in [0.3, 0.4) is 0 Å². The summed E-state index contributed by atoms with van der Waals surface area (Å²) in [5, 5.41) is 4.51. The van der Waals surface area contributed by atoms with Crippen molar-refractivity contribution in [3.63, 3.8) is 0 Å². The molecule has 1 fully saturated rings. The zero-order chi connectivity index (χ0) is 13.8. The first-order valence-electron chi connectivity index (χ1n) is 7.32. The fourth-order valence-corrected chi connectivity index (χ4v) is 2.92. The summed E-state index contributed by atoms with van der Waals surface area (Å²) >= 11 is 6.07. The lowest BCUT2D eigenvalue weighted by atomic mass is 9.95. The third-order valence-electron chi connectivity index (χ3n) is 4.34. The Balaban J connectivity index is 2.01. The topological polar surface area (TPSA) is 15.3 Å². The van der Waals surface area contributed by atoms with E-state index < -0.39 is 0 Å². The number of benzene rings is 1. The van der Waals surface area contributed by atoms with E-state index in [0.717, 1.165) is 30.6 Å². The molecule has 2 nitrogen and oxygen atoms in total. The molecule has 3 atom stereocenters. The normalized spacial score (nSPS) is 26.3. The summed E-state index contributed by atoms with van der Waals surface area (Å²) in [5.74, 6) is 0.731. The molecule has 106 valence electrons. The molecule has 0 radical (unpaired) electrons. The standard InChI is InChI=1S/C16H25ClN2/c1-4-12(2)16-11-19(13(3)9-18-16)10-14-6-5-7-15(17)8-14/h5-8,12-13,16,18H,4,9-11H2,1-3H3. The first kappa shape index (κ1) is 14.8. The Morgan fingerprint density at radius 2 is 2.26 bits per heavy atom. The lowest BCUT2D eigenvalue weighted by Crippen LogP contribution is -2.56. The second-order valence-corrected chi connectivity index (χ2v) is 6.25. The molecule has 0 saturated carbocycles. The average Bonchev–Trinajstić information content (AvgIpc) is 2.40. The van der Waals surface area contributed by atoms with Gasteiger partial charge in [-0.15, -0.1) is 0 Å². The molecule has 3 heteroatoms. The molecule has 3 unspecified atom stereocenters. The molecule has 1 aromatic carbocycles. The minimum Gasteiger partial charge on any atom is -0.311 e. The van der Waals surface area contributed by atoms with E-state index in [9.17, 15) is 0 Å². The summed E-state index contributed by atoms with van der Waals surface area (Å²) in [6.07, 6.45) is 1.23. The molecule has 1 aliphatic heterocycles. The summed E-state index contributed by atoms with van der Waals surface area (Å²) in [4.78, 5) is 2.57. The highest BCUT2D eigenvalue weighted by Gasteiger charge is 2.27. The Bertz CT molecular complexity index is 407. The number of rotatable bonds is 4. The first-order valence-corrected chi connectivity index (χ1v) is 7.69. The molecule has 0 aromatic heterocycles. The lowest BCUT2D eigenvalue weighted by Gasteiger charge is -2.41. The Morgan fingerprint density at radius 1 is 1.47 bits per heavy atom. The SMILES string of the molecule is CCC(C)C1CN(Cc2cccc(Cl)c2)C(C)CN1. The van der Waals surface area contributed by atoms with Gasteiger partial charge < -0.3 is 5.32 Å². The quantitative estimate of drug-likeness (QED) is 0.907. The van der Waals surface area contributed by atoms with E-state index in [2.05, 4.69) is 43.1 Å². The maximum Gasteiger partial charge on any atom is 0.0409 e. The van der Waals surface area contributed by atoms with Crippen molar-refractivity contribution < 1.29 is 0 Å². The Hall–Kier alpha value is -0.570. The van der Waals surface area contributed by atoms with Crippen molar-refractivity contribution in [2.45, 2.75) is 45.8 Å². The number of halogens is 1. The van der Waals surface area contributed by atoms with Crippen LogP contribution in [-0.4, -0.2) is 30.1 Å². The van der Waals surface area contributed by atoms with Gasteiger partial charge in [0.2, 0.25) is 0 Å². The summed E-state index contributed by atoms with van der Waals surface area (Å²) in [7, 11) is 0. The van der Waals surface area contributed by atoms with Gasteiger partial charge in [-0.2, -0.15) is 0 Å². The van der Waals surface area contributed by atoms with Gasteiger partial charge >= 0.3 is 0 Å². The Labute approximate surface area is 122 Å². The molecule has 0 spiro atoms. The van der Waals surface area contributed by atoms with Gasteiger partial charge in [-0.1, -0.05) is 44.0 Å². The zero-order valence-electron chi connectivity index (χ0n) is 12.2. The first-order chi connectivity index (χ1) is 9.10. The summed E-state index contributed by atoms with van der Waals surface area (Å²) in [6, 6.07) is 9.41. The maximum atomic E-state index is 6.07. The van der Waals surface area contributed by atoms with Crippen LogP contribution in [0, 0.1) is 5.92 Å². The maximum absolute atomic E-state index is 6.07. The summed E-state index contributed by atoms with van der Waals surface area (Å²) < 4.78 is 0. The van der Waals surface area contributed by atoms with E-state index in [0.29, 0.717) is 12.1 Å². The van der Waals surface area contributed by atoms with Crippen molar-refractivity contribution in [1.82, 2.24) is 10.2 Å². The zero-order valence-corrected chi connectivity index (χ0v) is 13.0. The minimum absolute atomic E-state index is 0.583. The highest BCUT2D eigenvalue weighted by Crippen LogP contribution is 2.19. The number of hydrogen-bond acceptors (Lipinski definition) is 2. The van der Waals surface area contributed by atoms with E-state index >= 15 is 0 Å². The molecule has 1 N–H and O–H groups in total. The average molecular weight is 281 g/mol. The van der Waals surface area contributed by atoms with Crippen molar-refractivity contribution in [3.8, 4) is 0 Å². The van der Waals surface area contributed by atoms with Crippen LogP contribution < -0.4 is 5.32 Å². The van der Waals surface area contributed by atoms with E-state index in [4.69, 9.17) is 11.6 Å². The van der Waals surface area contributed by atoms with Gasteiger partial charge in [0.05, 0.1) is 0 Å².